The summed E-state index contributed by atoms with van der Waals surface area (Å²) in [6, 6.07) is 8.56. The normalized spacial score (nSPS) is 22.0. The smallest absolute Gasteiger partial charge is 0.223 e. The third kappa shape index (κ3) is 4.83. The van der Waals surface area contributed by atoms with Crippen LogP contribution in [0, 0.1) is 5.92 Å². The third-order valence-corrected chi connectivity index (χ3v) is 4.03. The Bertz CT molecular complexity index is 462. The first-order chi connectivity index (χ1) is 10.2. The van der Waals surface area contributed by atoms with E-state index in [1.807, 2.05) is 19.1 Å². The molecule has 1 aromatic carbocycles. The zero-order valence-corrected chi connectivity index (χ0v) is 13.0. The van der Waals surface area contributed by atoms with Gasteiger partial charge in [-0.25, -0.2) is 0 Å². The second-order valence-electron chi connectivity index (χ2n) is 5.70. The van der Waals surface area contributed by atoms with Gasteiger partial charge in [0.05, 0.1) is 6.61 Å². The Morgan fingerprint density at radius 2 is 2.14 bits per heavy atom. The van der Waals surface area contributed by atoms with Gasteiger partial charge in [-0.05, 0) is 44.4 Å². The average molecular weight is 290 g/mol. The van der Waals surface area contributed by atoms with E-state index in [1.54, 1.807) is 0 Å². The maximum absolute atomic E-state index is 12.3. The maximum Gasteiger partial charge on any atom is 0.223 e. The van der Waals surface area contributed by atoms with Crippen molar-refractivity contribution >= 4 is 5.91 Å². The van der Waals surface area contributed by atoms with Crippen LogP contribution in [-0.4, -0.2) is 25.1 Å². The van der Waals surface area contributed by atoms with Gasteiger partial charge in [0.1, 0.15) is 0 Å². The van der Waals surface area contributed by atoms with Crippen molar-refractivity contribution in [2.45, 2.75) is 45.9 Å². The Morgan fingerprint density at radius 3 is 2.86 bits per heavy atom. The summed E-state index contributed by atoms with van der Waals surface area (Å²) in [5.74, 6) is 0.315. The van der Waals surface area contributed by atoms with Gasteiger partial charge in [-0.1, -0.05) is 24.3 Å². The summed E-state index contributed by atoms with van der Waals surface area (Å²) in [5.41, 5.74) is 2.29. The molecule has 2 rings (SSSR count). The number of amides is 1. The molecular formula is C17H26N2O2. The highest BCUT2D eigenvalue weighted by Gasteiger charge is 2.24. The van der Waals surface area contributed by atoms with Crippen LogP contribution in [-0.2, 0) is 22.7 Å². The molecule has 0 spiro atoms. The molecule has 1 amide bonds. The van der Waals surface area contributed by atoms with Crippen molar-refractivity contribution in [1.82, 2.24) is 10.6 Å². The standard InChI is InChI=1S/C17H26N2O2/c1-3-21-12-16-7-5-4-6-15(16)11-19-17(20)14-8-9-18-13(2)10-14/h4-7,13-14,18H,3,8-12H2,1-2H3,(H,19,20). The molecule has 116 valence electrons. The fraction of sp³-hybridized carbons (Fsp3) is 0.588. The summed E-state index contributed by atoms with van der Waals surface area (Å²) in [5, 5.41) is 6.46. The zero-order chi connectivity index (χ0) is 15.1. The van der Waals surface area contributed by atoms with Gasteiger partial charge in [0, 0.05) is 25.1 Å². The molecule has 2 atom stereocenters. The third-order valence-electron chi connectivity index (χ3n) is 4.03. The SMILES string of the molecule is CCOCc1ccccc1CNC(=O)C1CCNC(C)C1. The topological polar surface area (TPSA) is 50.4 Å². The van der Waals surface area contributed by atoms with Crippen LogP contribution in [0.3, 0.4) is 0 Å². The summed E-state index contributed by atoms with van der Waals surface area (Å²) in [7, 11) is 0. The van der Waals surface area contributed by atoms with E-state index in [-0.39, 0.29) is 11.8 Å². The van der Waals surface area contributed by atoms with Crippen LogP contribution in [0.4, 0.5) is 0 Å². The lowest BCUT2D eigenvalue weighted by molar-refractivity contribution is -0.126. The second-order valence-corrected chi connectivity index (χ2v) is 5.70. The summed E-state index contributed by atoms with van der Waals surface area (Å²) in [6.45, 7) is 6.95. The summed E-state index contributed by atoms with van der Waals surface area (Å²) >= 11 is 0. The van der Waals surface area contributed by atoms with Gasteiger partial charge in [0.15, 0.2) is 0 Å². The lowest BCUT2D eigenvalue weighted by Gasteiger charge is -2.27. The molecule has 1 aliphatic rings. The first-order valence-electron chi connectivity index (χ1n) is 7.86. The minimum absolute atomic E-state index is 0.139. The van der Waals surface area contributed by atoms with E-state index < -0.39 is 0 Å². The Hall–Kier alpha value is -1.39. The lowest BCUT2D eigenvalue weighted by atomic mass is 9.92. The molecule has 0 saturated carbocycles. The second kappa shape index (κ2) is 8.15. The van der Waals surface area contributed by atoms with Crippen LogP contribution in [0.2, 0.25) is 0 Å². The molecule has 0 aromatic heterocycles. The Balaban J connectivity index is 1.88. The fourth-order valence-electron chi connectivity index (χ4n) is 2.78. The summed E-state index contributed by atoms with van der Waals surface area (Å²) in [6.07, 6.45) is 1.85. The highest BCUT2D eigenvalue weighted by Crippen LogP contribution is 2.17. The first kappa shape index (κ1) is 16.0. The molecule has 2 N–H and O–H groups in total. The monoisotopic (exact) mass is 290 g/mol. The van der Waals surface area contributed by atoms with Crippen LogP contribution in [0.1, 0.15) is 37.8 Å². The molecule has 4 nitrogen and oxygen atoms in total. The largest absolute Gasteiger partial charge is 0.377 e. The van der Waals surface area contributed by atoms with E-state index in [1.165, 1.54) is 0 Å². The van der Waals surface area contributed by atoms with Crippen molar-refractivity contribution in [1.29, 1.82) is 0 Å². The Labute approximate surface area is 127 Å². The maximum atomic E-state index is 12.3. The van der Waals surface area contributed by atoms with Crippen LogP contribution >= 0.6 is 0 Å². The number of rotatable bonds is 6. The molecule has 4 heteroatoms. The molecule has 1 heterocycles. The van der Waals surface area contributed by atoms with Gasteiger partial charge in [0.25, 0.3) is 0 Å². The van der Waals surface area contributed by atoms with Gasteiger partial charge in [-0.2, -0.15) is 0 Å². The van der Waals surface area contributed by atoms with E-state index in [2.05, 4.69) is 29.7 Å². The fourth-order valence-corrected chi connectivity index (χ4v) is 2.78. The Morgan fingerprint density at radius 1 is 1.38 bits per heavy atom. The van der Waals surface area contributed by atoms with E-state index in [0.717, 1.165) is 30.5 Å². The van der Waals surface area contributed by atoms with E-state index in [9.17, 15) is 4.79 Å². The van der Waals surface area contributed by atoms with Gasteiger partial charge in [-0.3, -0.25) is 4.79 Å². The average Bonchev–Trinajstić information content (AvgIpc) is 2.51. The number of hydrogen-bond donors (Lipinski definition) is 2. The quantitative estimate of drug-likeness (QED) is 0.844. The van der Waals surface area contributed by atoms with Crippen molar-refractivity contribution in [3.05, 3.63) is 35.4 Å². The summed E-state index contributed by atoms with van der Waals surface area (Å²) < 4.78 is 5.48. The number of carbonyl (C=O) groups excluding carboxylic acids is 1. The molecule has 0 radical (unpaired) electrons. The molecule has 2 unspecified atom stereocenters. The van der Waals surface area contributed by atoms with E-state index in [0.29, 0.717) is 25.8 Å². The minimum Gasteiger partial charge on any atom is -0.377 e. The lowest BCUT2D eigenvalue weighted by Crippen LogP contribution is -2.42. The first-order valence-corrected chi connectivity index (χ1v) is 7.86. The molecule has 21 heavy (non-hydrogen) atoms. The molecule has 1 aromatic rings. The van der Waals surface area contributed by atoms with Crippen molar-refractivity contribution < 1.29 is 9.53 Å². The van der Waals surface area contributed by atoms with Crippen molar-refractivity contribution in [3.63, 3.8) is 0 Å². The Kier molecular flexibility index (Phi) is 6.21. The van der Waals surface area contributed by atoms with Crippen LogP contribution in [0.25, 0.3) is 0 Å². The number of nitrogens with one attached hydrogen (secondary N) is 2. The molecule has 0 bridgehead atoms. The molecule has 1 fully saturated rings. The predicted octanol–water partition coefficient (Wildman–Crippen LogP) is 2.23. The molecular weight excluding hydrogens is 264 g/mol. The minimum atomic E-state index is 0.139. The number of benzene rings is 1. The van der Waals surface area contributed by atoms with Gasteiger partial charge >= 0.3 is 0 Å². The van der Waals surface area contributed by atoms with Gasteiger partial charge in [-0.15, -0.1) is 0 Å². The van der Waals surface area contributed by atoms with Crippen molar-refractivity contribution in [3.8, 4) is 0 Å². The number of piperidine rings is 1. The summed E-state index contributed by atoms with van der Waals surface area (Å²) in [4.78, 5) is 12.3. The van der Waals surface area contributed by atoms with Crippen molar-refractivity contribution in [2.75, 3.05) is 13.2 Å². The van der Waals surface area contributed by atoms with E-state index in [4.69, 9.17) is 4.74 Å². The van der Waals surface area contributed by atoms with Gasteiger partial charge in [0.2, 0.25) is 5.91 Å². The predicted molar refractivity (Wildman–Crippen MR) is 83.8 cm³/mol. The zero-order valence-electron chi connectivity index (χ0n) is 13.0. The molecule has 1 saturated heterocycles. The number of hydrogen-bond acceptors (Lipinski definition) is 3. The highest BCUT2D eigenvalue weighted by atomic mass is 16.5. The van der Waals surface area contributed by atoms with Crippen molar-refractivity contribution in [2.24, 2.45) is 5.92 Å². The van der Waals surface area contributed by atoms with Crippen LogP contribution in [0.5, 0.6) is 0 Å². The van der Waals surface area contributed by atoms with Crippen LogP contribution in [0.15, 0.2) is 24.3 Å². The highest BCUT2D eigenvalue weighted by molar-refractivity contribution is 5.78. The number of ether oxygens (including phenoxy) is 1. The molecule has 1 aliphatic heterocycles. The number of carbonyl (C=O) groups is 1. The van der Waals surface area contributed by atoms with Gasteiger partial charge < -0.3 is 15.4 Å². The molecule has 0 aliphatic carbocycles. The van der Waals surface area contributed by atoms with Crippen LogP contribution < -0.4 is 10.6 Å². The van der Waals surface area contributed by atoms with E-state index >= 15 is 0 Å².